The van der Waals surface area contributed by atoms with E-state index in [-0.39, 0.29) is 11.3 Å². The number of nitrogens with two attached hydrogens (primary N) is 1. The molecule has 0 radical (unpaired) electrons. The van der Waals surface area contributed by atoms with E-state index in [0.29, 0.717) is 6.54 Å². The van der Waals surface area contributed by atoms with Gasteiger partial charge in [-0.1, -0.05) is 45.4 Å². The molecule has 1 aromatic heterocycles. The molecule has 1 heterocycles. The molecule has 2 N–H and O–H groups in total. The van der Waals surface area contributed by atoms with Crippen molar-refractivity contribution in [2.24, 2.45) is 11.1 Å². The third-order valence-corrected chi connectivity index (χ3v) is 4.01. The SMILES string of the molecule is CCCn1c(C(CN)CC(C)(C)C)nc2cccc(Cl)c21. The van der Waals surface area contributed by atoms with E-state index >= 15 is 0 Å². The Labute approximate surface area is 132 Å². The zero-order chi connectivity index (χ0) is 15.6. The minimum Gasteiger partial charge on any atom is -0.330 e. The molecule has 0 aliphatic heterocycles. The van der Waals surface area contributed by atoms with Crippen molar-refractivity contribution in [2.75, 3.05) is 6.54 Å². The van der Waals surface area contributed by atoms with Gasteiger partial charge in [-0.15, -0.1) is 0 Å². The van der Waals surface area contributed by atoms with Gasteiger partial charge in [-0.25, -0.2) is 4.98 Å². The van der Waals surface area contributed by atoms with Crippen molar-refractivity contribution in [1.29, 1.82) is 0 Å². The standard InChI is InChI=1S/C17H26ClN3/c1-5-9-21-15-13(18)7-6-8-14(15)20-16(21)12(11-19)10-17(2,3)4/h6-8,12H,5,9-11,19H2,1-4H3. The van der Waals surface area contributed by atoms with Crippen LogP contribution < -0.4 is 5.73 Å². The summed E-state index contributed by atoms with van der Waals surface area (Å²) < 4.78 is 2.26. The fraction of sp³-hybridized carbons (Fsp3) is 0.588. The molecule has 0 spiro atoms. The highest BCUT2D eigenvalue weighted by atomic mass is 35.5. The van der Waals surface area contributed by atoms with Crippen molar-refractivity contribution in [3.05, 3.63) is 29.0 Å². The average molecular weight is 308 g/mol. The summed E-state index contributed by atoms with van der Waals surface area (Å²) in [5, 5.41) is 0.770. The number of aromatic nitrogens is 2. The molecule has 1 atom stereocenters. The van der Waals surface area contributed by atoms with Gasteiger partial charge in [-0.05, 0) is 30.4 Å². The van der Waals surface area contributed by atoms with Crippen LogP contribution >= 0.6 is 11.6 Å². The molecule has 0 aliphatic rings. The molecule has 21 heavy (non-hydrogen) atoms. The fourth-order valence-corrected chi connectivity index (χ4v) is 3.21. The molecule has 2 rings (SSSR count). The topological polar surface area (TPSA) is 43.8 Å². The molecule has 4 heteroatoms. The second-order valence-corrected chi connectivity index (χ2v) is 7.33. The van der Waals surface area contributed by atoms with E-state index in [1.165, 1.54) is 0 Å². The minimum atomic E-state index is 0.225. The van der Waals surface area contributed by atoms with E-state index in [0.717, 1.165) is 41.3 Å². The van der Waals surface area contributed by atoms with E-state index in [1.807, 2.05) is 18.2 Å². The van der Waals surface area contributed by atoms with Gasteiger partial charge in [0.2, 0.25) is 0 Å². The summed E-state index contributed by atoms with van der Waals surface area (Å²) in [6.45, 7) is 10.5. The van der Waals surface area contributed by atoms with Gasteiger partial charge in [0.25, 0.3) is 0 Å². The Balaban J connectivity index is 2.56. The Bertz CT molecular complexity index is 610. The normalized spacial score (nSPS) is 13.8. The number of imidazole rings is 1. The summed E-state index contributed by atoms with van der Waals surface area (Å²) in [6, 6.07) is 5.92. The number of rotatable bonds is 5. The van der Waals surface area contributed by atoms with Crippen molar-refractivity contribution in [1.82, 2.24) is 9.55 Å². The van der Waals surface area contributed by atoms with Gasteiger partial charge in [0.1, 0.15) is 5.82 Å². The lowest BCUT2D eigenvalue weighted by molar-refractivity contribution is 0.331. The van der Waals surface area contributed by atoms with Crippen LogP contribution in [0.25, 0.3) is 11.0 Å². The Morgan fingerprint density at radius 2 is 2.05 bits per heavy atom. The molecule has 1 unspecified atom stereocenters. The number of aryl methyl sites for hydroxylation is 1. The summed E-state index contributed by atoms with van der Waals surface area (Å²) in [6.07, 6.45) is 2.07. The molecule has 0 saturated heterocycles. The number of hydrogen-bond donors (Lipinski definition) is 1. The average Bonchev–Trinajstić information content (AvgIpc) is 2.76. The highest BCUT2D eigenvalue weighted by molar-refractivity contribution is 6.35. The molecule has 0 aliphatic carbocycles. The predicted octanol–water partition coefficient (Wildman–Crippen LogP) is 4.58. The van der Waals surface area contributed by atoms with Crippen LogP contribution in [0.4, 0.5) is 0 Å². The molecule has 0 fully saturated rings. The van der Waals surface area contributed by atoms with Crippen LogP contribution in [0.3, 0.4) is 0 Å². The molecule has 0 bridgehead atoms. The quantitative estimate of drug-likeness (QED) is 0.878. The van der Waals surface area contributed by atoms with Crippen molar-refractivity contribution >= 4 is 22.6 Å². The van der Waals surface area contributed by atoms with Crippen LogP contribution in [-0.4, -0.2) is 16.1 Å². The van der Waals surface area contributed by atoms with Gasteiger partial charge >= 0.3 is 0 Å². The van der Waals surface area contributed by atoms with Crippen LogP contribution in [0.5, 0.6) is 0 Å². The van der Waals surface area contributed by atoms with Crippen LogP contribution in [0.2, 0.25) is 5.02 Å². The van der Waals surface area contributed by atoms with Crippen LogP contribution in [-0.2, 0) is 6.54 Å². The lowest BCUT2D eigenvalue weighted by Crippen LogP contribution is -2.22. The first-order valence-electron chi connectivity index (χ1n) is 7.72. The zero-order valence-electron chi connectivity index (χ0n) is 13.5. The van der Waals surface area contributed by atoms with E-state index < -0.39 is 0 Å². The van der Waals surface area contributed by atoms with Gasteiger partial charge in [0.05, 0.1) is 16.1 Å². The third-order valence-electron chi connectivity index (χ3n) is 3.70. The Kier molecular flexibility index (Phi) is 4.95. The number of halogens is 1. The minimum absolute atomic E-state index is 0.225. The van der Waals surface area contributed by atoms with Crippen molar-refractivity contribution in [2.45, 2.75) is 53.0 Å². The highest BCUT2D eigenvalue weighted by Gasteiger charge is 2.24. The van der Waals surface area contributed by atoms with Gasteiger partial charge in [-0.2, -0.15) is 0 Å². The summed E-state index contributed by atoms with van der Waals surface area (Å²) in [5.41, 5.74) is 8.29. The lowest BCUT2D eigenvalue weighted by Gasteiger charge is -2.25. The first-order chi connectivity index (χ1) is 9.87. The highest BCUT2D eigenvalue weighted by Crippen LogP contribution is 2.33. The van der Waals surface area contributed by atoms with Crippen molar-refractivity contribution in [3.8, 4) is 0 Å². The molecule has 0 saturated carbocycles. The van der Waals surface area contributed by atoms with Gasteiger partial charge < -0.3 is 10.3 Å². The Morgan fingerprint density at radius 3 is 2.62 bits per heavy atom. The first kappa shape index (κ1) is 16.3. The number of hydrogen-bond acceptors (Lipinski definition) is 2. The number of para-hydroxylation sites is 1. The third kappa shape index (κ3) is 3.58. The summed E-state index contributed by atoms with van der Waals surface area (Å²) in [5.74, 6) is 1.34. The molecule has 3 nitrogen and oxygen atoms in total. The van der Waals surface area contributed by atoms with Crippen molar-refractivity contribution in [3.63, 3.8) is 0 Å². The Morgan fingerprint density at radius 1 is 1.33 bits per heavy atom. The van der Waals surface area contributed by atoms with Crippen molar-refractivity contribution < 1.29 is 0 Å². The van der Waals surface area contributed by atoms with Gasteiger partial charge in [-0.3, -0.25) is 0 Å². The van der Waals surface area contributed by atoms with Gasteiger partial charge in [0, 0.05) is 19.0 Å². The second-order valence-electron chi connectivity index (χ2n) is 6.93. The number of fused-ring (bicyclic) bond motifs is 1. The largest absolute Gasteiger partial charge is 0.330 e. The Hall–Kier alpha value is -1.06. The predicted molar refractivity (Wildman–Crippen MR) is 90.9 cm³/mol. The molecule has 0 amide bonds. The van der Waals surface area contributed by atoms with Crippen LogP contribution in [0.15, 0.2) is 18.2 Å². The zero-order valence-corrected chi connectivity index (χ0v) is 14.2. The maximum absolute atomic E-state index is 6.40. The maximum Gasteiger partial charge on any atom is 0.114 e. The molecule has 2 aromatic rings. The summed E-state index contributed by atoms with van der Waals surface area (Å²) in [4.78, 5) is 4.85. The van der Waals surface area contributed by atoms with E-state index in [4.69, 9.17) is 22.3 Å². The molecule has 1 aromatic carbocycles. The van der Waals surface area contributed by atoms with E-state index in [2.05, 4.69) is 32.3 Å². The monoisotopic (exact) mass is 307 g/mol. The number of nitrogens with zero attached hydrogens (tertiary/aromatic N) is 2. The summed E-state index contributed by atoms with van der Waals surface area (Å²) in [7, 11) is 0. The van der Waals surface area contributed by atoms with Gasteiger partial charge in [0.15, 0.2) is 0 Å². The van der Waals surface area contributed by atoms with E-state index in [9.17, 15) is 0 Å². The maximum atomic E-state index is 6.40. The summed E-state index contributed by atoms with van der Waals surface area (Å²) >= 11 is 6.40. The smallest absolute Gasteiger partial charge is 0.114 e. The van der Waals surface area contributed by atoms with Crippen LogP contribution in [0.1, 0.15) is 52.3 Å². The molecular weight excluding hydrogens is 282 g/mol. The van der Waals surface area contributed by atoms with E-state index in [1.54, 1.807) is 0 Å². The molecular formula is C17H26ClN3. The lowest BCUT2D eigenvalue weighted by atomic mass is 9.84. The molecule has 116 valence electrons. The second kappa shape index (κ2) is 6.37. The van der Waals surface area contributed by atoms with Crippen LogP contribution in [0, 0.1) is 5.41 Å². The fourth-order valence-electron chi connectivity index (χ4n) is 2.94. The number of benzene rings is 1. The first-order valence-corrected chi connectivity index (χ1v) is 8.10.